The largest absolute Gasteiger partial charge is 0.445 e. The van der Waals surface area contributed by atoms with Crippen molar-refractivity contribution >= 4 is 39.4 Å². The summed E-state index contributed by atoms with van der Waals surface area (Å²) in [6.45, 7) is 0. The third-order valence-electron chi connectivity index (χ3n) is 3.17. The van der Waals surface area contributed by atoms with Crippen molar-refractivity contribution in [3.05, 3.63) is 46.6 Å². The molecule has 0 aliphatic carbocycles. The number of anilines is 1. The first kappa shape index (κ1) is 16.7. The summed E-state index contributed by atoms with van der Waals surface area (Å²) in [5, 5.41) is 16.8. The number of halogens is 3. The van der Waals surface area contributed by atoms with Gasteiger partial charge in [0.1, 0.15) is 11.6 Å². The number of para-hydroxylation sites is 1. The Morgan fingerprint density at radius 2 is 2.08 bits per heavy atom. The molecule has 2 heterocycles. The van der Waals surface area contributed by atoms with E-state index in [9.17, 15) is 23.2 Å². The number of fused-ring (bicyclic) bond motifs is 1. The number of rotatable bonds is 3. The molecule has 126 valence electrons. The van der Waals surface area contributed by atoms with Crippen LogP contribution in [0, 0.1) is 11.3 Å². The predicted octanol–water partition coefficient (Wildman–Crippen LogP) is 3.58. The maximum Gasteiger partial charge on any atom is 0.445 e. The molecule has 2 aromatic heterocycles. The Bertz CT molecular complexity index is 1010. The second-order valence-electron chi connectivity index (χ2n) is 4.82. The summed E-state index contributed by atoms with van der Waals surface area (Å²) < 4.78 is 37.5. The van der Waals surface area contributed by atoms with Crippen molar-refractivity contribution in [2.45, 2.75) is 6.18 Å². The standard InChI is InChI=1S/C15H8F3N5OS/c16-15(17,18)13-22-23-14(25-13)21-12(24)8(6-19)5-9-7-20-11-4-2-1-3-10(9)11/h1-5,7,20H,(H,21,23,24). The minimum atomic E-state index is -4.64. The summed E-state index contributed by atoms with van der Waals surface area (Å²) in [6.07, 6.45) is -1.67. The Morgan fingerprint density at radius 1 is 1.32 bits per heavy atom. The number of H-pyrrole nitrogens is 1. The van der Waals surface area contributed by atoms with E-state index in [1.165, 1.54) is 6.08 Å². The van der Waals surface area contributed by atoms with Crippen LogP contribution in [0.3, 0.4) is 0 Å². The predicted molar refractivity (Wildman–Crippen MR) is 85.4 cm³/mol. The minimum Gasteiger partial charge on any atom is -0.361 e. The van der Waals surface area contributed by atoms with Crippen LogP contribution in [0.1, 0.15) is 10.6 Å². The highest BCUT2D eigenvalue weighted by atomic mass is 32.1. The van der Waals surface area contributed by atoms with E-state index in [0.717, 1.165) is 10.9 Å². The molecule has 0 saturated heterocycles. The molecule has 3 aromatic rings. The smallest absolute Gasteiger partial charge is 0.361 e. The van der Waals surface area contributed by atoms with Gasteiger partial charge in [0.15, 0.2) is 0 Å². The number of nitrogens with one attached hydrogen (secondary N) is 2. The van der Waals surface area contributed by atoms with E-state index in [0.29, 0.717) is 5.56 Å². The molecule has 1 amide bonds. The van der Waals surface area contributed by atoms with Gasteiger partial charge in [0, 0.05) is 22.7 Å². The maximum absolute atomic E-state index is 12.5. The van der Waals surface area contributed by atoms with Gasteiger partial charge < -0.3 is 4.98 Å². The van der Waals surface area contributed by atoms with Gasteiger partial charge in [-0.05, 0) is 12.1 Å². The fourth-order valence-electron chi connectivity index (χ4n) is 2.07. The molecular formula is C15H8F3N5OS. The highest BCUT2D eigenvalue weighted by Crippen LogP contribution is 2.33. The lowest BCUT2D eigenvalue weighted by molar-refractivity contribution is -0.138. The van der Waals surface area contributed by atoms with Crippen LogP contribution in [0.15, 0.2) is 36.0 Å². The maximum atomic E-state index is 12.5. The van der Waals surface area contributed by atoms with E-state index < -0.39 is 17.1 Å². The van der Waals surface area contributed by atoms with Gasteiger partial charge in [0.05, 0.1) is 0 Å². The lowest BCUT2D eigenvalue weighted by Crippen LogP contribution is -2.13. The fraction of sp³-hybridized carbons (Fsp3) is 0.0667. The molecule has 6 nitrogen and oxygen atoms in total. The van der Waals surface area contributed by atoms with Gasteiger partial charge in [0.25, 0.3) is 5.91 Å². The molecule has 0 aliphatic rings. The van der Waals surface area contributed by atoms with E-state index in [-0.39, 0.29) is 22.0 Å². The number of hydrogen-bond donors (Lipinski definition) is 2. The van der Waals surface area contributed by atoms with Gasteiger partial charge in [-0.1, -0.05) is 29.5 Å². The van der Waals surface area contributed by atoms with Crippen LogP contribution in [0.4, 0.5) is 18.3 Å². The second-order valence-corrected chi connectivity index (χ2v) is 5.80. The summed E-state index contributed by atoms with van der Waals surface area (Å²) >= 11 is 0.185. The molecule has 0 bridgehead atoms. The molecule has 1 aromatic carbocycles. The average molecular weight is 363 g/mol. The van der Waals surface area contributed by atoms with Gasteiger partial charge in [-0.2, -0.15) is 18.4 Å². The fourth-order valence-corrected chi connectivity index (χ4v) is 2.68. The lowest BCUT2D eigenvalue weighted by Gasteiger charge is -2.00. The van der Waals surface area contributed by atoms with Crippen molar-refractivity contribution in [1.82, 2.24) is 15.2 Å². The Labute approximate surface area is 142 Å². The molecule has 0 aliphatic heterocycles. The summed E-state index contributed by atoms with van der Waals surface area (Å²) in [7, 11) is 0. The highest BCUT2D eigenvalue weighted by molar-refractivity contribution is 7.15. The van der Waals surface area contributed by atoms with E-state index in [2.05, 4.69) is 20.5 Å². The molecule has 0 saturated carbocycles. The Balaban J connectivity index is 1.84. The van der Waals surface area contributed by atoms with Crippen LogP contribution in [-0.4, -0.2) is 21.1 Å². The molecular weight excluding hydrogens is 355 g/mol. The molecule has 25 heavy (non-hydrogen) atoms. The lowest BCUT2D eigenvalue weighted by atomic mass is 10.1. The van der Waals surface area contributed by atoms with Crippen molar-refractivity contribution in [2.24, 2.45) is 0 Å². The first-order valence-electron chi connectivity index (χ1n) is 6.78. The van der Waals surface area contributed by atoms with Gasteiger partial charge in [-0.25, -0.2) is 0 Å². The molecule has 0 atom stereocenters. The Morgan fingerprint density at radius 3 is 2.76 bits per heavy atom. The molecule has 10 heteroatoms. The monoisotopic (exact) mass is 363 g/mol. The number of amides is 1. The van der Waals surface area contributed by atoms with E-state index >= 15 is 0 Å². The van der Waals surface area contributed by atoms with E-state index in [1.54, 1.807) is 18.3 Å². The first-order chi connectivity index (χ1) is 11.9. The van der Waals surface area contributed by atoms with Crippen molar-refractivity contribution in [2.75, 3.05) is 5.32 Å². The third-order valence-corrected chi connectivity index (χ3v) is 4.06. The normalized spacial score (nSPS) is 12.2. The number of nitrogens with zero attached hydrogens (tertiary/aromatic N) is 3. The molecule has 0 spiro atoms. The SMILES string of the molecule is N#CC(=Cc1c[nH]c2ccccc12)C(=O)Nc1nnc(C(F)(F)F)s1. The van der Waals surface area contributed by atoms with Crippen molar-refractivity contribution in [3.63, 3.8) is 0 Å². The summed E-state index contributed by atoms with van der Waals surface area (Å²) in [5.41, 5.74) is 1.16. The van der Waals surface area contributed by atoms with Crippen LogP contribution < -0.4 is 5.32 Å². The second kappa shape index (κ2) is 6.37. The van der Waals surface area contributed by atoms with Gasteiger partial charge in [-0.3, -0.25) is 10.1 Å². The number of hydrogen-bond acceptors (Lipinski definition) is 5. The van der Waals surface area contributed by atoms with E-state index in [4.69, 9.17) is 0 Å². The number of aromatic nitrogens is 3. The van der Waals surface area contributed by atoms with Crippen LogP contribution in [0.5, 0.6) is 0 Å². The molecule has 2 N–H and O–H groups in total. The number of carbonyl (C=O) groups excluding carboxylic acids is 1. The van der Waals surface area contributed by atoms with Gasteiger partial charge >= 0.3 is 6.18 Å². The number of nitriles is 1. The van der Waals surface area contributed by atoms with Crippen molar-refractivity contribution in [1.29, 1.82) is 5.26 Å². The molecule has 0 unspecified atom stereocenters. The quantitative estimate of drug-likeness (QED) is 0.549. The number of alkyl halides is 3. The van der Waals surface area contributed by atoms with Gasteiger partial charge in [0.2, 0.25) is 10.1 Å². The number of aromatic amines is 1. The average Bonchev–Trinajstić information content (AvgIpc) is 3.19. The Hall–Kier alpha value is -3.19. The van der Waals surface area contributed by atoms with Crippen molar-refractivity contribution < 1.29 is 18.0 Å². The summed E-state index contributed by atoms with van der Waals surface area (Å²) in [6, 6.07) is 9.01. The van der Waals surface area contributed by atoms with Crippen LogP contribution >= 0.6 is 11.3 Å². The van der Waals surface area contributed by atoms with Gasteiger partial charge in [-0.15, -0.1) is 10.2 Å². The topological polar surface area (TPSA) is 94.5 Å². The summed E-state index contributed by atoms with van der Waals surface area (Å²) in [4.78, 5) is 15.1. The molecule has 0 fully saturated rings. The molecule has 0 radical (unpaired) electrons. The van der Waals surface area contributed by atoms with Crippen molar-refractivity contribution in [3.8, 4) is 6.07 Å². The van der Waals surface area contributed by atoms with Crippen LogP contribution in [0.2, 0.25) is 0 Å². The Kier molecular flexibility index (Phi) is 4.24. The third kappa shape index (κ3) is 3.51. The number of carbonyl (C=O) groups is 1. The molecule has 3 rings (SSSR count). The number of benzene rings is 1. The highest BCUT2D eigenvalue weighted by Gasteiger charge is 2.35. The van der Waals surface area contributed by atoms with E-state index in [1.807, 2.05) is 18.2 Å². The zero-order valence-electron chi connectivity index (χ0n) is 12.3. The van der Waals surface area contributed by atoms with Crippen LogP contribution in [-0.2, 0) is 11.0 Å². The zero-order valence-corrected chi connectivity index (χ0v) is 13.1. The van der Waals surface area contributed by atoms with Crippen LogP contribution in [0.25, 0.3) is 17.0 Å². The summed E-state index contributed by atoms with van der Waals surface area (Å²) in [5.74, 6) is -0.863. The minimum absolute atomic E-state index is 0.185. The zero-order chi connectivity index (χ0) is 18.0. The first-order valence-corrected chi connectivity index (χ1v) is 7.60.